The van der Waals surface area contributed by atoms with E-state index in [-0.39, 0.29) is 5.82 Å². The van der Waals surface area contributed by atoms with E-state index in [2.05, 4.69) is 73.3 Å². The normalized spacial score (nSPS) is 14.8. The van der Waals surface area contributed by atoms with Crippen LogP contribution in [0.3, 0.4) is 0 Å². The highest BCUT2D eigenvalue weighted by atomic mass is 32.2. The minimum absolute atomic E-state index is 0.0253. The van der Waals surface area contributed by atoms with E-state index in [1.165, 1.54) is 21.7 Å². The van der Waals surface area contributed by atoms with Crippen LogP contribution in [0.1, 0.15) is 47.9 Å². The lowest BCUT2D eigenvalue weighted by molar-refractivity contribution is 0.481. The first kappa shape index (κ1) is 21.0. The molecule has 0 N–H and O–H groups in total. The molecule has 1 aliphatic rings. The van der Waals surface area contributed by atoms with Gasteiger partial charge in [0.1, 0.15) is 5.82 Å². The number of thioether (sulfide) groups is 1. The molecular formula is C27H30FNS. The van der Waals surface area contributed by atoms with Crippen LogP contribution >= 0.6 is 11.8 Å². The molecule has 3 aromatic carbocycles. The van der Waals surface area contributed by atoms with Gasteiger partial charge in [0, 0.05) is 29.4 Å². The number of halogens is 1. The van der Waals surface area contributed by atoms with Crippen LogP contribution in [0.2, 0.25) is 0 Å². The zero-order valence-corrected chi connectivity index (χ0v) is 18.7. The van der Waals surface area contributed by atoms with Crippen molar-refractivity contribution in [3.8, 4) is 0 Å². The average molecular weight is 420 g/mol. The monoisotopic (exact) mass is 419 g/mol. The van der Waals surface area contributed by atoms with E-state index in [1.54, 1.807) is 6.07 Å². The van der Waals surface area contributed by atoms with Crippen molar-refractivity contribution in [3.05, 3.63) is 94.8 Å². The predicted octanol–water partition coefficient (Wildman–Crippen LogP) is 7.37. The number of rotatable bonds is 6. The Labute approximate surface area is 184 Å². The molecule has 0 radical (unpaired) electrons. The first-order valence-electron chi connectivity index (χ1n) is 10.9. The molecule has 156 valence electrons. The zero-order valence-electron chi connectivity index (χ0n) is 17.9. The Bertz CT molecular complexity index is 974. The van der Waals surface area contributed by atoms with Crippen molar-refractivity contribution in [2.24, 2.45) is 0 Å². The molecule has 0 unspecified atom stereocenters. The molecule has 0 atom stereocenters. The van der Waals surface area contributed by atoms with Crippen LogP contribution in [-0.4, -0.2) is 13.1 Å². The maximum atomic E-state index is 14.6. The molecule has 3 heteroatoms. The number of piperidine rings is 1. The third-order valence-electron chi connectivity index (χ3n) is 6.16. The topological polar surface area (TPSA) is 3.24 Å². The van der Waals surface area contributed by atoms with E-state index in [1.807, 2.05) is 17.8 Å². The van der Waals surface area contributed by atoms with Gasteiger partial charge in [-0.3, -0.25) is 0 Å². The summed E-state index contributed by atoms with van der Waals surface area (Å²) in [6, 6.07) is 23.3. The molecule has 1 heterocycles. The molecule has 1 saturated heterocycles. The SMILES string of the molecule is CCc1ccc(C2CCN(c3ccccc3CSc3ccc(C)cc3)CC2)c(F)c1. The standard InChI is InChI=1S/C27H30FNS/c1-3-21-10-13-25(26(28)18-21)22-14-16-29(17-15-22)27-7-5-4-6-23(27)19-30-24-11-8-20(2)9-12-24/h4-13,18,22H,3,14-17,19H2,1-2H3. The second kappa shape index (κ2) is 9.70. The summed E-state index contributed by atoms with van der Waals surface area (Å²) < 4.78 is 14.6. The maximum absolute atomic E-state index is 14.6. The number of nitrogens with zero attached hydrogens (tertiary/aromatic N) is 1. The summed E-state index contributed by atoms with van der Waals surface area (Å²) in [6.07, 6.45) is 2.89. The van der Waals surface area contributed by atoms with Crippen molar-refractivity contribution >= 4 is 17.4 Å². The molecule has 1 nitrogen and oxygen atoms in total. The smallest absolute Gasteiger partial charge is 0.126 e. The maximum Gasteiger partial charge on any atom is 0.126 e. The minimum Gasteiger partial charge on any atom is -0.371 e. The summed E-state index contributed by atoms with van der Waals surface area (Å²) >= 11 is 1.89. The van der Waals surface area contributed by atoms with E-state index in [0.717, 1.165) is 49.2 Å². The van der Waals surface area contributed by atoms with Gasteiger partial charge in [0.05, 0.1) is 0 Å². The molecule has 3 aromatic rings. The lowest BCUT2D eigenvalue weighted by atomic mass is 9.88. The zero-order chi connectivity index (χ0) is 20.9. The third-order valence-corrected chi connectivity index (χ3v) is 7.22. The number of para-hydroxylation sites is 1. The van der Waals surface area contributed by atoms with Gasteiger partial charge in [-0.15, -0.1) is 11.8 Å². The van der Waals surface area contributed by atoms with Gasteiger partial charge in [0.2, 0.25) is 0 Å². The van der Waals surface area contributed by atoms with Gasteiger partial charge in [-0.2, -0.15) is 0 Å². The third kappa shape index (κ3) is 4.89. The largest absolute Gasteiger partial charge is 0.371 e. The molecule has 0 spiro atoms. The highest BCUT2D eigenvalue weighted by Gasteiger charge is 2.24. The summed E-state index contributed by atoms with van der Waals surface area (Å²) in [7, 11) is 0. The van der Waals surface area contributed by atoms with Crippen LogP contribution in [0.4, 0.5) is 10.1 Å². The Morgan fingerprint density at radius 3 is 2.40 bits per heavy atom. The predicted molar refractivity (Wildman–Crippen MR) is 127 cm³/mol. The van der Waals surface area contributed by atoms with Crippen LogP contribution < -0.4 is 4.90 Å². The van der Waals surface area contributed by atoms with E-state index in [4.69, 9.17) is 0 Å². The lowest BCUT2D eigenvalue weighted by Crippen LogP contribution is -2.33. The molecule has 0 aromatic heterocycles. The molecular weight excluding hydrogens is 389 g/mol. The van der Waals surface area contributed by atoms with Gasteiger partial charge in [-0.1, -0.05) is 55.0 Å². The quantitative estimate of drug-likeness (QED) is 0.384. The van der Waals surface area contributed by atoms with Crippen molar-refractivity contribution in [3.63, 3.8) is 0 Å². The first-order chi connectivity index (χ1) is 14.6. The molecule has 0 saturated carbocycles. The Hall–Kier alpha value is -2.26. The van der Waals surface area contributed by atoms with Crippen molar-refractivity contribution < 1.29 is 4.39 Å². The summed E-state index contributed by atoms with van der Waals surface area (Å²) in [5.41, 5.74) is 5.98. The Kier molecular flexibility index (Phi) is 6.79. The fraction of sp³-hybridized carbons (Fsp3) is 0.333. The van der Waals surface area contributed by atoms with Crippen molar-refractivity contribution in [2.45, 2.75) is 49.7 Å². The fourth-order valence-corrected chi connectivity index (χ4v) is 5.18. The van der Waals surface area contributed by atoms with Gasteiger partial charge in [0.15, 0.2) is 0 Å². The summed E-state index contributed by atoms with van der Waals surface area (Å²) in [6.45, 7) is 6.15. The lowest BCUT2D eigenvalue weighted by Gasteiger charge is -2.35. The second-order valence-corrected chi connectivity index (χ2v) is 9.25. The van der Waals surface area contributed by atoms with Crippen LogP contribution in [0.15, 0.2) is 71.6 Å². The number of anilines is 1. The molecule has 1 fully saturated rings. The van der Waals surface area contributed by atoms with Gasteiger partial charge < -0.3 is 4.90 Å². The van der Waals surface area contributed by atoms with Crippen LogP contribution in [0, 0.1) is 12.7 Å². The van der Waals surface area contributed by atoms with Crippen LogP contribution in [-0.2, 0) is 12.2 Å². The number of hydrogen-bond acceptors (Lipinski definition) is 2. The summed E-state index contributed by atoms with van der Waals surface area (Å²) in [5.74, 6) is 1.26. The number of hydrogen-bond donors (Lipinski definition) is 0. The molecule has 4 rings (SSSR count). The Balaban J connectivity index is 1.42. The highest BCUT2D eigenvalue weighted by Crippen LogP contribution is 2.35. The minimum atomic E-state index is -0.0253. The Morgan fingerprint density at radius 2 is 1.70 bits per heavy atom. The van der Waals surface area contributed by atoms with Crippen molar-refractivity contribution in [1.82, 2.24) is 0 Å². The average Bonchev–Trinajstić information content (AvgIpc) is 2.79. The van der Waals surface area contributed by atoms with Gasteiger partial charge >= 0.3 is 0 Å². The molecule has 1 aliphatic heterocycles. The number of benzene rings is 3. The van der Waals surface area contributed by atoms with Crippen LogP contribution in [0.25, 0.3) is 0 Å². The fourth-order valence-electron chi connectivity index (χ4n) is 4.29. The summed E-state index contributed by atoms with van der Waals surface area (Å²) in [5, 5.41) is 0. The van der Waals surface area contributed by atoms with E-state index < -0.39 is 0 Å². The molecule has 0 aliphatic carbocycles. The van der Waals surface area contributed by atoms with Crippen molar-refractivity contribution in [1.29, 1.82) is 0 Å². The number of aryl methyl sites for hydroxylation is 2. The van der Waals surface area contributed by atoms with Gasteiger partial charge in [-0.25, -0.2) is 4.39 Å². The molecule has 0 amide bonds. The summed E-state index contributed by atoms with van der Waals surface area (Å²) in [4.78, 5) is 3.79. The van der Waals surface area contributed by atoms with E-state index >= 15 is 0 Å². The van der Waals surface area contributed by atoms with Gasteiger partial charge in [0.25, 0.3) is 0 Å². The molecule has 0 bridgehead atoms. The van der Waals surface area contributed by atoms with E-state index in [0.29, 0.717) is 5.92 Å². The highest BCUT2D eigenvalue weighted by molar-refractivity contribution is 7.98. The second-order valence-electron chi connectivity index (χ2n) is 8.20. The van der Waals surface area contributed by atoms with Crippen molar-refractivity contribution in [2.75, 3.05) is 18.0 Å². The van der Waals surface area contributed by atoms with Gasteiger partial charge in [-0.05, 0) is 73.1 Å². The molecule has 30 heavy (non-hydrogen) atoms. The Morgan fingerprint density at radius 1 is 0.967 bits per heavy atom. The van der Waals surface area contributed by atoms with Crippen LogP contribution in [0.5, 0.6) is 0 Å². The van der Waals surface area contributed by atoms with E-state index in [9.17, 15) is 4.39 Å². The first-order valence-corrected chi connectivity index (χ1v) is 11.9.